The lowest BCUT2D eigenvalue weighted by Gasteiger charge is -2.55. The van der Waals surface area contributed by atoms with E-state index in [1.807, 2.05) is 0 Å². The number of rotatable bonds is 16. The molecule has 0 radical (unpaired) electrons. The second-order valence-electron chi connectivity index (χ2n) is 29.6. The van der Waals surface area contributed by atoms with E-state index in [0.29, 0.717) is 40.2 Å². The molecule has 4 aliphatic heterocycles. The maximum atomic E-state index is 14.4. The molecule has 8 saturated carbocycles. The van der Waals surface area contributed by atoms with Gasteiger partial charge in [0.2, 0.25) is 0 Å². The van der Waals surface area contributed by atoms with Crippen LogP contribution in [0.5, 0.6) is 0 Å². The summed E-state index contributed by atoms with van der Waals surface area (Å²) in [5.74, 6) is -4.17. The van der Waals surface area contributed by atoms with E-state index in [9.17, 15) is 63.2 Å². The summed E-state index contributed by atoms with van der Waals surface area (Å²) in [4.78, 5) is 104. The molecule has 5 aromatic rings. The molecule has 103 heavy (non-hydrogen) atoms. The molecule has 0 aromatic heterocycles. The molecule has 4 bridgehead atoms. The molecular weight excluding hydrogens is 1500 g/mol. The first kappa shape index (κ1) is 77.3. The van der Waals surface area contributed by atoms with Crippen molar-refractivity contribution in [2.75, 3.05) is 49.6 Å². The van der Waals surface area contributed by atoms with E-state index in [0.717, 1.165) is 108 Å². The van der Waals surface area contributed by atoms with Crippen LogP contribution in [0.2, 0.25) is 40.2 Å². The summed E-state index contributed by atoms with van der Waals surface area (Å²) >= 11 is 49.2. The van der Waals surface area contributed by atoms with Gasteiger partial charge < -0.3 is 56.1 Å². The molecule has 0 spiro atoms. The Morgan fingerprint density at radius 2 is 0.806 bits per heavy atom. The number of carbonyl (C=O) groups excluding carboxylic acids is 8. The zero-order valence-corrected chi connectivity index (χ0v) is 62.9. The van der Waals surface area contributed by atoms with Crippen LogP contribution in [0.4, 0.5) is 27.1 Å². The van der Waals surface area contributed by atoms with E-state index in [4.69, 9.17) is 102 Å². The van der Waals surface area contributed by atoms with Gasteiger partial charge in [0, 0.05) is 98.1 Å². The van der Waals surface area contributed by atoms with Crippen LogP contribution >= 0.6 is 92.8 Å². The number of aliphatic hydroxyl groups is 4. The highest BCUT2D eigenvalue weighted by atomic mass is 35.5. The number of ether oxygens (including phenoxy) is 2. The average Bonchev–Trinajstić information content (AvgIpc) is 1.60. The van der Waals surface area contributed by atoms with Crippen molar-refractivity contribution in [1.82, 2.24) is 4.90 Å². The number of nitrogens with zero attached hydrogens (tertiary/aromatic N) is 1. The van der Waals surface area contributed by atoms with Gasteiger partial charge in [-0.3, -0.25) is 38.4 Å². The Morgan fingerprint density at radius 3 is 1.14 bits per heavy atom. The Hall–Kier alpha value is -5.37. The van der Waals surface area contributed by atoms with Gasteiger partial charge in [0.25, 0.3) is 23.6 Å². The number of methoxy groups -OCH3 is 2. The monoisotopic (exact) mass is 1570 g/mol. The minimum atomic E-state index is -2.20. The predicted octanol–water partition coefficient (Wildman–Crippen LogP) is 15.3. The molecule has 8 N–H and O–H groups in total. The van der Waals surface area contributed by atoms with Crippen LogP contribution in [-0.4, -0.2) is 118 Å². The highest BCUT2D eigenvalue weighted by Crippen LogP contribution is 2.59. The van der Waals surface area contributed by atoms with Crippen LogP contribution in [0.15, 0.2) is 66.7 Å². The summed E-state index contributed by atoms with van der Waals surface area (Å²) in [5, 5.41) is 56.2. The molecule has 12 aliphatic rings. The molecule has 4 amide bonds. The number of anilines is 4. The van der Waals surface area contributed by atoms with Crippen LogP contribution in [0.3, 0.4) is 0 Å². The SMILES string of the molecule is CN(C)C12CCC(C(=O)C[C@@]3(O)C(=O)Nc4c(Cl)ccc(Cl)c43)(CC1)CC2.COC12CCC(C(=O)C[C@@]3(O)C(=O)Nc4c(Cl)ccc(Cl)c43)(CC1)CC2.COC1CCC(C(=O)C[C@@]2(O)C(=O)Nc3c(Cl)ccc(Cl)c32)CC1.O=C(C[C@@]1(O)C(=O)Nc2c(Cl)ccc(Cl)c21)c1ccc(C2CC2)cc1F. The summed E-state index contributed by atoms with van der Waals surface area (Å²) in [5.41, 5.74) is -6.53. The van der Waals surface area contributed by atoms with Crippen molar-refractivity contribution < 1.29 is 72.6 Å². The van der Waals surface area contributed by atoms with Crippen LogP contribution in [0.1, 0.15) is 185 Å². The number of halogens is 9. The number of hydrogen-bond donors (Lipinski definition) is 8. The second kappa shape index (κ2) is 29.0. The number of benzene rings is 5. The minimum absolute atomic E-state index is 0.0417. The van der Waals surface area contributed by atoms with Crippen molar-refractivity contribution >= 4 is 162 Å². The molecule has 8 fully saturated rings. The number of ketones is 4. The highest BCUT2D eigenvalue weighted by molar-refractivity contribution is 6.41. The standard InChI is InChI=1S/C20H24Cl2N2O3.C19H14Cl2FNO3.C19H21Cl2NO4.C17H19Cl2NO4/c1-24(2)19-8-5-18(6-9-19,7-10-19)14(25)11-20(27)15-12(21)3-4-13(22)16(15)23-17(20)26;20-12-5-6-13(21)17-16(12)19(26,18(25)23-17)8-15(24)11-4-3-10(7-14(11)22)9-1-2-9;1-26-18-7-4-17(5-8-18,6-9-18)13(23)10-19(25)14-11(20)2-3-12(21)15(14)22-16(19)24;1-24-10-4-2-9(3-5-10)13(21)8-17(23)14-11(18)6-7-12(19)15(14)20-16(17)22/h3-4,27H,5-11H2,1-2H3,(H,23,26);3-7,9,26H,1-2,8H2,(H,23,25);2-3,25H,4-10H2,1H3,(H,22,24);6-7,9-10,23H,2-5,8H2,1H3,(H,20,22)/t18?,19?,20-;19-;17?,18?,19-;9?,10?,17-/m0000/s1. The van der Waals surface area contributed by atoms with Gasteiger partial charge in [-0.1, -0.05) is 98.9 Å². The van der Waals surface area contributed by atoms with E-state index < -0.39 is 74.9 Å². The van der Waals surface area contributed by atoms with Gasteiger partial charge in [-0.05, 0) is 202 Å². The lowest BCUT2D eigenvalue weighted by atomic mass is 9.54. The van der Waals surface area contributed by atoms with Gasteiger partial charge in [-0.2, -0.15) is 0 Å². The van der Waals surface area contributed by atoms with E-state index in [1.54, 1.807) is 44.6 Å². The van der Waals surface area contributed by atoms with Crippen molar-refractivity contribution in [1.29, 1.82) is 0 Å². The highest BCUT2D eigenvalue weighted by Gasteiger charge is 2.60. The molecule has 0 unspecified atom stereocenters. The molecule has 17 rings (SSSR count). The van der Waals surface area contributed by atoms with Gasteiger partial charge in [-0.25, -0.2) is 4.39 Å². The van der Waals surface area contributed by atoms with Crippen molar-refractivity contribution in [2.45, 2.75) is 187 Å². The third-order valence-electron chi connectivity index (χ3n) is 24.0. The molecule has 19 nitrogen and oxygen atoms in total. The smallest absolute Gasteiger partial charge is 0.261 e. The van der Waals surface area contributed by atoms with Crippen LogP contribution < -0.4 is 21.3 Å². The number of nitrogens with one attached hydrogen (secondary N) is 4. The number of fused-ring (bicyclic) bond motifs is 10. The quantitative estimate of drug-likeness (QED) is 0.0426. The maximum absolute atomic E-state index is 14.4. The third kappa shape index (κ3) is 13.9. The number of amides is 4. The molecule has 4 heterocycles. The molecule has 28 heteroatoms. The fourth-order valence-corrected chi connectivity index (χ4v) is 19.1. The van der Waals surface area contributed by atoms with E-state index >= 15 is 0 Å². The van der Waals surface area contributed by atoms with Gasteiger partial charge in [0.05, 0.1) is 66.5 Å². The first-order chi connectivity index (χ1) is 48.6. The lowest BCUT2D eigenvalue weighted by Crippen LogP contribution is -2.56. The van der Waals surface area contributed by atoms with E-state index in [1.165, 1.54) is 36.4 Å². The first-order valence-electron chi connectivity index (χ1n) is 34.3. The summed E-state index contributed by atoms with van der Waals surface area (Å²) in [6.45, 7) is 0. The number of carbonyl (C=O) groups is 8. The summed E-state index contributed by atoms with van der Waals surface area (Å²) in [7, 11) is 7.61. The zero-order valence-electron chi connectivity index (χ0n) is 56.9. The van der Waals surface area contributed by atoms with Crippen LogP contribution in [-0.2, 0) is 65.4 Å². The van der Waals surface area contributed by atoms with Crippen molar-refractivity contribution in [3.05, 3.63) is 146 Å². The van der Waals surface area contributed by atoms with E-state index in [-0.39, 0.29) is 129 Å². The Bertz CT molecular complexity index is 4330. The Balaban J connectivity index is 0.000000130. The van der Waals surface area contributed by atoms with Gasteiger partial charge >= 0.3 is 0 Å². The summed E-state index contributed by atoms with van der Waals surface area (Å²) in [6.07, 6.45) is 13.8. The maximum Gasteiger partial charge on any atom is 0.261 e. The lowest BCUT2D eigenvalue weighted by molar-refractivity contribution is -0.158. The fourth-order valence-electron chi connectivity index (χ4n) is 17.1. The zero-order chi connectivity index (χ0) is 74.5. The van der Waals surface area contributed by atoms with Gasteiger partial charge in [0.1, 0.15) is 23.2 Å². The first-order valence-corrected chi connectivity index (χ1v) is 37.4. The molecule has 8 aliphatic carbocycles. The number of hydrogen-bond acceptors (Lipinski definition) is 15. The van der Waals surface area contributed by atoms with Crippen molar-refractivity contribution in [3.63, 3.8) is 0 Å². The minimum Gasteiger partial charge on any atom is -0.381 e. The molecule has 550 valence electrons. The fraction of sp³-hybridized carbons (Fsp3) is 0.493. The Kier molecular flexibility index (Phi) is 21.7. The van der Waals surface area contributed by atoms with Gasteiger partial charge in [-0.15, -0.1) is 0 Å². The summed E-state index contributed by atoms with van der Waals surface area (Å²) in [6, 6.07) is 16.6. The topological polar surface area (TPSA) is 287 Å². The normalized spacial score (nSPS) is 30.2. The van der Waals surface area contributed by atoms with Crippen LogP contribution in [0, 0.1) is 22.6 Å². The Morgan fingerprint density at radius 1 is 0.466 bits per heavy atom. The predicted molar refractivity (Wildman–Crippen MR) is 391 cm³/mol. The molecule has 4 atom stereocenters. The average molecular weight is 1580 g/mol. The third-order valence-corrected chi connectivity index (χ3v) is 26.5. The largest absolute Gasteiger partial charge is 0.381 e. The molecule has 5 aromatic carbocycles. The Labute approximate surface area is 634 Å². The van der Waals surface area contributed by atoms with Crippen molar-refractivity contribution in [2.24, 2.45) is 16.7 Å². The number of Topliss-reactive ketones (excluding diaryl/α,β-unsaturated/α-hetero) is 4. The second-order valence-corrected chi connectivity index (χ2v) is 32.9. The molecular formula is C75H78Cl8FN5O14. The van der Waals surface area contributed by atoms with E-state index in [2.05, 4.69) is 40.3 Å². The summed E-state index contributed by atoms with van der Waals surface area (Å²) < 4.78 is 25.4. The van der Waals surface area contributed by atoms with Crippen molar-refractivity contribution in [3.8, 4) is 0 Å². The van der Waals surface area contributed by atoms with Crippen LogP contribution in [0.25, 0.3) is 0 Å². The van der Waals surface area contributed by atoms with Gasteiger partial charge in [0.15, 0.2) is 28.2 Å². The molecule has 0 saturated heterocycles.